The highest BCUT2D eigenvalue weighted by atomic mass is 19.4. The monoisotopic (exact) mass is 390 g/mol. The predicted molar refractivity (Wildman–Crippen MR) is 90.3 cm³/mol. The minimum absolute atomic E-state index is 0.263. The zero-order valence-corrected chi connectivity index (χ0v) is 15.3. The van der Waals surface area contributed by atoms with E-state index in [2.05, 4.69) is 5.16 Å². The first-order valence-corrected chi connectivity index (χ1v) is 8.53. The van der Waals surface area contributed by atoms with E-state index in [0.29, 0.717) is 25.3 Å². The van der Waals surface area contributed by atoms with E-state index in [1.807, 2.05) is 0 Å². The number of amides is 1. The van der Waals surface area contributed by atoms with Crippen LogP contribution in [0.15, 0.2) is 23.4 Å². The van der Waals surface area contributed by atoms with Gasteiger partial charge < -0.3 is 9.94 Å². The van der Waals surface area contributed by atoms with Gasteiger partial charge in [-0.25, -0.2) is 9.18 Å². The molecule has 1 unspecified atom stereocenters. The summed E-state index contributed by atoms with van der Waals surface area (Å²) >= 11 is 0. The summed E-state index contributed by atoms with van der Waals surface area (Å²) in [7, 11) is 0. The van der Waals surface area contributed by atoms with Crippen LogP contribution in [-0.4, -0.2) is 40.1 Å². The molecular formula is C18H22F4N2O3. The maximum absolute atomic E-state index is 14.5. The summed E-state index contributed by atoms with van der Waals surface area (Å²) in [5.74, 6) is -1.53. The number of carbonyl (C=O) groups excluding carboxylic acids is 1. The van der Waals surface area contributed by atoms with Crippen molar-refractivity contribution < 1.29 is 32.3 Å². The summed E-state index contributed by atoms with van der Waals surface area (Å²) in [5, 5.41) is 12.5. The van der Waals surface area contributed by atoms with E-state index in [1.54, 1.807) is 20.8 Å². The third kappa shape index (κ3) is 4.90. The summed E-state index contributed by atoms with van der Waals surface area (Å²) in [5.41, 5.74) is -3.06. The number of hydrogen-bond donors (Lipinski definition) is 1. The molecule has 1 heterocycles. The number of oxime groups is 1. The molecule has 0 aliphatic carbocycles. The van der Waals surface area contributed by atoms with Crippen LogP contribution in [0.1, 0.15) is 51.2 Å². The lowest BCUT2D eigenvalue weighted by atomic mass is 9.92. The minimum atomic E-state index is -4.89. The second-order valence-electron chi connectivity index (χ2n) is 7.34. The van der Waals surface area contributed by atoms with Crippen molar-refractivity contribution in [2.75, 3.05) is 6.54 Å². The molecule has 1 fully saturated rings. The molecule has 1 amide bonds. The number of rotatable bonds is 2. The maximum Gasteiger partial charge on any atom is 0.419 e. The fraction of sp³-hybridized carbons (Fsp3) is 0.556. The molecule has 9 heteroatoms. The van der Waals surface area contributed by atoms with Crippen LogP contribution in [0.25, 0.3) is 0 Å². The first-order valence-electron chi connectivity index (χ1n) is 8.53. The Kier molecular flexibility index (Phi) is 6.01. The molecule has 1 aliphatic rings. The average molecular weight is 390 g/mol. The highest BCUT2D eigenvalue weighted by Gasteiger charge is 2.39. The number of ether oxygens (including phenoxy) is 1. The molecule has 1 atom stereocenters. The molecule has 150 valence electrons. The van der Waals surface area contributed by atoms with Gasteiger partial charge in [0.1, 0.15) is 17.1 Å². The summed E-state index contributed by atoms with van der Waals surface area (Å²) in [6, 6.07) is 1.85. The Morgan fingerprint density at radius 3 is 2.48 bits per heavy atom. The molecule has 1 aromatic carbocycles. The summed E-state index contributed by atoms with van der Waals surface area (Å²) in [6.07, 6.45) is -3.98. The van der Waals surface area contributed by atoms with Gasteiger partial charge in [-0.3, -0.25) is 4.90 Å². The van der Waals surface area contributed by atoms with E-state index in [0.717, 1.165) is 12.1 Å². The molecule has 27 heavy (non-hydrogen) atoms. The van der Waals surface area contributed by atoms with Crippen LogP contribution >= 0.6 is 0 Å². The van der Waals surface area contributed by atoms with Gasteiger partial charge in [-0.15, -0.1) is 0 Å². The van der Waals surface area contributed by atoms with Crippen molar-refractivity contribution in [3.05, 3.63) is 35.1 Å². The van der Waals surface area contributed by atoms with Gasteiger partial charge in [0.25, 0.3) is 0 Å². The normalized spacial score (nSPS) is 19.1. The summed E-state index contributed by atoms with van der Waals surface area (Å²) in [6.45, 7) is 5.30. The van der Waals surface area contributed by atoms with E-state index in [4.69, 9.17) is 4.74 Å². The number of carbonyl (C=O) groups is 1. The Morgan fingerprint density at radius 1 is 1.26 bits per heavy atom. The third-order valence-electron chi connectivity index (χ3n) is 4.13. The Hall–Kier alpha value is -2.32. The van der Waals surface area contributed by atoms with Crippen molar-refractivity contribution in [2.45, 2.75) is 57.9 Å². The minimum Gasteiger partial charge on any atom is -0.444 e. The van der Waals surface area contributed by atoms with Gasteiger partial charge in [-0.1, -0.05) is 11.2 Å². The van der Waals surface area contributed by atoms with E-state index in [-0.39, 0.29) is 12.3 Å². The fourth-order valence-electron chi connectivity index (χ4n) is 3.00. The molecular weight excluding hydrogens is 368 g/mol. The van der Waals surface area contributed by atoms with Crippen molar-refractivity contribution in [2.24, 2.45) is 5.16 Å². The smallest absolute Gasteiger partial charge is 0.419 e. The zero-order valence-electron chi connectivity index (χ0n) is 15.3. The summed E-state index contributed by atoms with van der Waals surface area (Å²) in [4.78, 5) is 13.7. The van der Waals surface area contributed by atoms with E-state index >= 15 is 0 Å². The van der Waals surface area contributed by atoms with Gasteiger partial charge in [-0.05, 0) is 52.2 Å². The number of likely N-dealkylation sites (tertiary alicyclic amines) is 1. The van der Waals surface area contributed by atoms with Gasteiger partial charge in [0.15, 0.2) is 0 Å². The summed E-state index contributed by atoms with van der Waals surface area (Å²) < 4.78 is 58.8. The number of hydrogen-bond acceptors (Lipinski definition) is 4. The lowest BCUT2D eigenvalue weighted by Gasteiger charge is -2.37. The quantitative estimate of drug-likeness (QED) is 0.341. The number of benzene rings is 1. The Bertz CT molecular complexity index is 726. The van der Waals surface area contributed by atoms with Crippen LogP contribution in [0.5, 0.6) is 0 Å². The molecule has 1 aliphatic heterocycles. The SMILES string of the molecule is CC(C)(C)OC(=O)N1CCCCC1C(=NO)c1cccc(C(F)(F)F)c1F. The molecule has 0 aromatic heterocycles. The maximum atomic E-state index is 14.5. The third-order valence-corrected chi connectivity index (χ3v) is 4.13. The van der Waals surface area contributed by atoms with Crippen molar-refractivity contribution in [1.82, 2.24) is 4.90 Å². The highest BCUT2D eigenvalue weighted by Crippen LogP contribution is 2.34. The molecule has 0 radical (unpaired) electrons. The molecule has 0 bridgehead atoms. The Balaban J connectivity index is 2.42. The lowest BCUT2D eigenvalue weighted by molar-refractivity contribution is -0.140. The van der Waals surface area contributed by atoms with Crippen molar-refractivity contribution in [3.8, 4) is 0 Å². The average Bonchev–Trinajstić information content (AvgIpc) is 2.55. The van der Waals surface area contributed by atoms with E-state index in [1.165, 1.54) is 4.90 Å². The topological polar surface area (TPSA) is 62.1 Å². The van der Waals surface area contributed by atoms with Crippen LogP contribution < -0.4 is 0 Å². The number of halogens is 4. The fourth-order valence-corrected chi connectivity index (χ4v) is 3.00. The lowest BCUT2D eigenvalue weighted by Crippen LogP contribution is -2.50. The van der Waals surface area contributed by atoms with Gasteiger partial charge in [-0.2, -0.15) is 13.2 Å². The van der Waals surface area contributed by atoms with Gasteiger partial charge >= 0.3 is 12.3 Å². The van der Waals surface area contributed by atoms with E-state index < -0.39 is 40.9 Å². The first kappa shape index (κ1) is 21.0. The van der Waals surface area contributed by atoms with Crippen molar-refractivity contribution in [1.29, 1.82) is 0 Å². The number of piperidine rings is 1. The van der Waals surface area contributed by atoms with Crippen LogP contribution in [0, 0.1) is 5.82 Å². The van der Waals surface area contributed by atoms with Gasteiger partial charge in [0, 0.05) is 12.1 Å². The number of alkyl halides is 3. The molecule has 2 rings (SSSR count). The Labute approximate surface area is 154 Å². The van der Waals surface area contributed by atoms with Gasteiger partial charge in [0.2, 0.25) is 0 Å². The predicted octanol–water partition coefficient (Wildman–Crippen LogP) is 4.81. The van der Waals surface area contributed by atoms with Gasteiger partial charge in [0.05, 0.1) is 11.6 Å². The molecule has 1 saturated heterocycles. The Morgan fingerprint density at radius 2 is 1.93 bits per heavy atom. The van der Waals surface area contributed by atoms with E-state index in [9.17, 15) is 27.6 Å². The largest absolute Gasteiger partial charge is 0.444 e. The van der Waals surface area contributed by atoms with Crippen LogP contribution in [-0.2, 0) is 10.9 Å². The molecule has 1 N–H and O–H groups in total. The molecule has 0 saturated carbocycles. The molecule has 5 nitrogen and oxygen atoms in total. The standard InChI is InChI=1S/C18H22F4N2O3/c1-17(2,3)27-16(25)24-10-5-4-9-13(24)15(23-26)11-7-6-8-12(14(11)19)18(20,21)22/h6-8,13,26H,4-5,9-10H2,1-3H3. The van der Waals surface area contributed by atoms with Crippen LogP contribution in [0.4, 0.5) is 22.4 Å². The van der Waals surface area contributed by atoms with Crippen molar-refractivity contribution in [3.63, 3.8) is 0 Å². The highest BCUT2D eigenvalue weighted by molar-refractivity contribution is 6.05. The molecule has 1 aromatic rings. The zero-order chi connectivity index (χ0) is 20.4. The van der Waals surface area contributed by atoms with Crippen LogP contribution in [0.3, 0.4) is 0 Å². The first-order chi connectivity index (χ1) is 12.5. The number of nitrogens with zero attached hydrogens (tertiary/aromatic N) is 2. The second kappa shape index (κ2) is 7.74. The van der Waals surface area contributed by atoms with Crippen molar-refractivity contribution >= 4 is 11.8 Å². The van der Waals surface area contributed by atoms with Crippen LogP contribution in [0.2, 0.25) is 0 Å². The second-order valence-corrected chi connectivity index (χ2v) is 7.34. The molecule has 0 spiro atoms.